The van der Waals surface area contributed by atoms with E-state index < -0.39 is 0 Å². The summed E-state index contributed by atoms with van der Waals surface area (Å²) in [5, 5.41) is 3.58. The Hall–Kier alpha value is -1.42. The second-order valence-corrected chi connectivity index (χ2v) is 6.22. The second-order valence-electron chi connectivity index (χ2n) is 5.79. The maximum Gasteiger partial charge on any atom is 0.322 e. The lowest BCUT2D eigenvalue weighted by Gasteiger charge is -2.34. The molecule has 0 saturated carbocycles. The van der Waals surface area contributed by atoms with E-state index >= 15 is 0 Å². The van der Waals surface area contributed by atoms with Crippen LogP contribution in [0.5, 0.6) is 5.75 Å². The molecule has 2 rings (SSSR count). The lowest BCUT2D eigenvalue weighted by atomic mass is 10.1. The lowest BCUT2D eigenvalue weighted by molar-refractivity contribution is 0.186. The minimum atomic E-state index is -0.0825. The van der Waals surface area contributed by atoms with Crippen molar-refractivity contribution in [1.29, 1.82) is 0 Å². The van der Waals surface area contributed by atoms with Crippen LogP contribution in [-0.4, -0.2) is 25.2 Å². The summed E-state index contributed by atoms with van der Waals surface area (Å²) in [6.07, 6.45) is 1.85. The Morgan fingerprint density at radius 2 is 2.29 bits per heavy atom. The molecule has 1 N–H and O–H groups in total. The van der Waals surface area contributed by atoms with Gasteiger partial charge >= 0.3 is 6.03 Å². The van der Waals surface area contributed by atoms with Crippen LogP contribution in [0.1, 0.15) is 33.6 Å². The largest absolute Gasteiger partial charge is 0.486 e. The molecule has 1 aliphatic heterocycles. The van der Waals surface area contributed by atoms with Crippen LogP contribution < -0.4 is 15.0 Å². The molecule has 0 fully saturated rings. The highest BCUT2D eigenvalue weighted by molar-refractivity contribution is 6.31. The van der Waals surface area contributed by atoms with Gasteiger partial charge in [-0.2, -0.15) is 0 Å². The normalized spacial score (nSPS) is 17.4. The van der Waals surface area contributed by atoms with Crippen LogP contribution in [0.25, 0.3) is 0 Å². The highest BCUT2D eigenvalue weighted by Crippen LogP contribution is 2.36. The Bertz CT molecular complexity index is 505. The number of benzene rings is 1. The van der Waals surface area contributed by atoms with Crippen molar-refractivity contribution in [3.05, 3.63) is 23.2 Å². The van der Waals surface area contributed by atoms with Crippen LogP contribution in [0, 0.1) is 5.92 Å². The van der Waals surface area contributed by atoms with Gasteiger partial charge in [0, 0.05) is 11.6 Å². The third-order valence-electron chi connectivity index (χ3n) is 3.59. The molecule has 1 heterocycles. The summed E-state index contributed by atoms with van der Waals surface area (Å²) < 4.78 is 5.88. The summed E-state index contributed by atoms with van der Waals surface area (Å²) in [7, 11) is 0. The highest BCUT2D eigenvalue weighted by Gasteiger charge is 2.29. The third kappa shape index (κ3) is 4.03. The van der Waals surface area contributed by atoms with Crippen LogP contribution in [0.4, 0.5) is 10.5 Å². The zero-order valence-electron chi connectivity index (χ0n) is 12.9. The first kappa shape index (κ1) is 16.0. The number of fused-ring (bicyclic) bond motifs is 1. The van der Waals surface area contributed by atoms with E-state index in [1.165, 1.54) is 0 Å². The molecule has 5 heteroatoms. The number of hydrogen-bond donors (Lipinski definition) is 1. The van der Waals surface area contributed by atoms with Crippen LogP contribution >= 0.6 is 11.6 Å². The molecular weight excluding hydrogens is 288 g/mol. The lowest BCUT2D eigenvalue weighted by Crippen LogP contribution is -2.48. The van der Waals surface area contributed by atoms with Gasteiger partial charge in [0.1, 0.15) is 11.9 Å². The smallest absolute Gasteiger partial charge is 0.322 e. The number of urea groups is 1. The van der Waals surface area contributed by atoms with Crippen molar-refractivity contribution in [1.82, 2.24) is 5.32 Å². The maximum atomic E-state index is 12.4. The number of carbonyl (C=O) groups excluding carboxylic acids is 1. The van der Waals surface area contributed by atoms with E-state index in [4.69, 9.17) is 16.3 Å². The van der Waals surface area contributed by atoms with Gasteiger partial charge in [0.2, 0.25) is 0 Å². The highest BCUT2D eigenvalue weighted by atomic mass is 35.5. The SMILES string of the molecule is CCC1CN(C(=O)NCCC(C)C)c2cc(Cl)ccc2O1. The zero-order chi connectivity index (χ0) is 15.4. The average molecular weight is 311 g/mol. The summed E-state index contributed by atoms with van der Waals surface area (Å²) in [6, 6.07) is 5.31. The number of nitrogens with zero attached hydrogens (tertiary/aromatic N) is 1. The summed E-state index contributed by atoms with van der Waals surface area (Å²) >= 11 is 6.05. The van der Waals surface area contributed by atoms with E-state index in [1.54, 1.807) is 17.0 Å². The number of amides is 2. The summed E-state index contributed by atoms with van der Waals surface area (Å²) in [4.78, 5) is 14.2. The zero-order valence-corrected chi connectivity index (χ0v) is 13.6. The van der Waals surface area contributed by atoms with E-state index in [9.17, 15) is 4.79 Å². The molecule has 4 nitrogen and oxygen atoms in total. The molecule has 1 aliphatic rings. The predicted molar refractivity (Wildman–Crippen MR) is 86.4 cm³/mol. The van der Waals surface area contributed by atoms with Crippen molar-refractivity contribution in [2.45, 2.75) is 39.7 Å². The Morgan fingerprint density at radius 1 is 1.52 bits per heavy atom. The first-order chi connectivity index (χ1) is 10.0. The Balaban J connectivity index is 2.14. The molecule has 1 aromatic rings. The quantitative estimate of drug-likeness (QED) is 0.910. The number of rotatable bonds is 4. The van der Waals surface area contributed by atoms with Crippen LogP contribution in [0.3, 0.4) is 0 Å². The van der Waals surface area contributed by atoms with E-state index in [0.29, 0.717) is 24.0 Å². The average Bonchev–Trinajstić information content (AvgIpc) is 2.45. The van der Waals surface area contributed by atoms with E-state index in [0.717, 1.165) is 24.3 Å². The molecule has 0 radical (unpaired) electrons. The van der Waals surface area contributed by atoms with Gasteiger partial charge in [0.25, 0.3) is 0 Å². The van der Waals surface area contributed by atoms with E-state index in [2.05, 4.69) is 26.1 Å². The van der Waals surface area contributed by atoms with Crippen LogP contribution in [-0.2, 0) is 0 Å². The fourth-order valence-corrected chi connectivity index (χ4v) is 2.45. The number of halogens is 1. The minimum absolute atomic E-state index is 0.0227. The molecule has 2 amide bonds. The first-order valence-electron chi connectivity index (χ1n) is 7.52. The van der Waals surface area contributed by atoms with Gasteiger partial charge in [-0.3, -0.25) is 4.90 Å². The molecule has 0 saturated heterocycles. The molecular formula is C16H23ClN2O2. The Kier molecular flexibility index (Phi) is 5.34. The number of nitrogens with one attached hydrogen (secondary N) is 1. The molecule has 116 valence electrons. The predicted octanol–water partition coefficient (Wildman–Crippen LogP) is 4.07. The Labute approximate surface area is 131 Å². The minimum Gasteiger partial charge on any atom is -0.486 e. The maximum absolute atomic E-state index is 12.4. The van der Waals surface area contributed by atoms with Gasteiger partial charge in [0.05, 0.1) is 12.2 Å². The second kappa shape index (κ2) is 7.03. The van der Waals surface area contributed by atoms with Crippen molar-refractivity contribution in [3.63, 3.8) is 0 Å². The fraction of sp³-hybridized carbons (Fsp3) is 0.562. The summed E-state index contributed by atoms with van der Waals surface area (Å²) in [6.45, 7) is 7.57. The number of ether oxygens (including phenoxy) is 1. The van der Waals surface area contributed by atoms with Crippen LogP contribution in [0.2, 0.25) is 5.02 Å². The molecule has 0 aromatic heterocycles. The van der Waals surface area contributed by atoms with Gasteiger partial charge in [-0.05, 0) is 37.0 Å². The molecule has 0 bridgehead atoms. The number of anilines is 1. The van der Waals surface area contributed by atoms with Crippen molar-refractivity contribution < 1.29 is 9.53 Å². The summed E-state index contributed by atoms with van der Waals surface area (Å²) in [5.74, 6) is 1.29. The molecule has 0 spiro atoms. The van der Waals surface area contributed by atoms with Crippen molar-refractivity contribution in [2.75, 3.05) is 18.0 Å². The van der Waals surface area contributed by atoms with Crippen molar-refractivity contribution in [2.24, 2.45) is 5.92 Å². The van der Waals surface area contributed by atoms with Crippen molar-refractivity contribution in [3.8, 4) is 5.75 Å². The van der Waals surface area contributed by atoms with Gasteiger partial charge in [-0.15, -0.1) is 0 Å². The van der Waals surface area contributed by atoms with Gasteiger partial charge in [-0.1, -0.05) is 32.4 Å². The van der Waals surface area contributed by atoms with Gasteiger partial charge in [-0.25, -0.2) is 4.79 Å². The molecule has 21 heavy (non-hydrogen) atoms. The monoisotopic (exact) mass is 310 g/mol. The first-order valence-corrected chi connectivity index (χ1v) is 7.90. The fourth-order valence-electron chi connectivity index (χ4n) is 2.29. The van der Waals surface area contributed by atoms with E-state index in [-0.39, 0.29) is 12.1 Å². The van der Waals surface area contributed by atoms with E-state index in [1.807, 2.05) is 6.07 Å². The van der Waals surface area contributed by atoms with Gasteiger partial charge < -0.3 is 10.1 Å². The van der Waals surface area contributed by atoms with Gasteiger partial charge in [0.15, 0.2) is 0 Å². The Morgan fingerprint density at radius 3 is 2.95 bits per heavy atom. The molecule has 1 atom stereocenters. The topological polar surface area (TPSA) is 41.6 Å². The molecule has 0 aliphatic carbocycles. The third-order valence-corrected chi connectivity index (χ3v) is 3.83. The molecule has 1 aromatic carbocycles. The molecule has 1 unspecified atom stereocenters. The van der Waals surface area contributed by atoms with Crippen molar-refractivity contribution >= 4 is 23.3 Å². The summed E-state index contributed by atoms with van der Waals surface area (Å²) in [5.41, 5.74) is 0.745. The number of carbonyl (C=O) groups is 1. The standard InChI is InChI=1S/C16H23ClN2O2/c1-4-13-10-19(16(20)18-8-7-11(2)3)14-9-12(17)5-6-15(14)21-13/h5-6,9,11,13H,4,7-8,10H2,1-3H3,(H,18,20). The van der Waals surface area contributed by atoms with Crippen LogP contribution in [0.15, 0.2) is 18.2 Å². The number of hydrogen-bond acceptors (Lipinski definition) is 2.